The van der Waals surface area contributed by atoms with Gasteiger partial charge < -0.3 is 5.32 Å². The van der Waals surface area contributed by atoms with E-state index in [1.54, 1.807) is 6.33 Å². The third-order valence-electron chi connectivity index (χ3n) is 3.60. The highest BCUT2D eigenvalue weighted by Gasteiger charge is 2.41. The summed E-state index contributed by atoms with van der Waals surface area (Å²) in [6.45, 7) is 7.17. The average molecular weight is 271 g/mol. The first kappa shape index (κ1) is 13.8. The van der Waals surface area contributed by atoms with E-state index >= 15 is 0 Å². The van der Waals surface area contributed by atoms with Crippen molar-refractivity contribution < 1.29 is 0 Å². The predicted octanol–water partition coefficient (Wildman–Crippen LogP) is 2.43. The van der Waals surface area contributed by atoms with Crippen LogP contribution in [0, 0.1) is 11.3 Å². The molecule has 1 saturated carbocycles. The minimum absolute atomic E-state index is 0.477. The van der Waals surface area contributed by atoms with Gasteiger partial charge in [0, 0.05) is 19.0 Å². The third-order valence-corrected chi connectivity index (χ3v) is 3.79. The van der Waals surface area contributed by atoms with Gasteiger partial charge in [-0.2, -0.15) is 5.10 Å². The van der Waals surface area contributed by atoms with Gasteiger partial charge in [0.05, 0.1) is 6.54 Å². The zero-order chi connectivity index (χ0) is 13.0. The van der Waals surface area contributed by atoms with Crippen LogP contribution in [-0.2, 0) is 13.1 Å². The van der Waals surface area contributed by atoms with Crippen LogP contribution in [0.5, 0.6) is 0 Å². The first-order valence-electron chi connectivity index (χ1n) is 6.78. The van der Waals surface area contributed by atoms with Crippen molar-refractivity contribution in [1.29, 1.82) is 0 Å². The second kappa shape index (κ2) is 6.02. The Hall–Kier alpha value is -0.610. The summed E-state index contributed by atoms with van der Waals surface area (Å²) < 4.78 is 2.00. The summed E-state index contributed by atoms with van der Waals surface area (Å²) in [6.07, 6.45) is 5.39. The van der Waals surface area contributed by atoms with Gasteiger partial charge in [0.15, 0.2) is 0 Å². The fourth-order valence-electron chi connectivity index (χ4n) is 2.26. The average Bonchev–Trinajstić information content (AvgIpc) is 2.93. The maximum atomic E-state index is 5.83. The van der Waals surface area contributed by atoms with Gasteiger partial charge in [-0.25, -0.2) is 9.67 Å². The van der Waals surface area contributed by atoms with Gasteiger partial charge in [-0.15, -0.1) is 11.6 Å². The summed E-state index contributed by atoms with van der Waals surface area (Å²) in [5, 5.41) is 7.77. The Morgan fingerprint density at radius 2 is 2.28 bits per heavy atom. The lowest BCUT2D eigenvalue weighted by Crippen LogP contribution is -2.26. The second-order valence-electron chi connectivity index (χ2n) is 5.79. The molecular formula is C13H23ClN4. The molecular weight excluding hydrogens is 248 g/mol. The zero-order valence-corrected chi connectivity index (χ0v) is 12.1. The molecule has 1 N–H and O–H groups in total. The Morgan fingerprint density at radius 1 is 1.50 bits per heavy atom. The van der Waals surface area contributed by atoms with Crippen molar-refractivity contribution in [2.24, 2.45) is 11.3 Å². The third kappa shape index (κ3) is 3.69. The minimum atomic E-state index is 0.477. The van der Waals surface area contributed by atoms with Crippen LogP contribution in [0.25, 0.3) is 0 Å². The highest BCUT2D eigenvalue weighted by atomic mass is 35.5. The van der Waals surface area contributed by atoms with Gasteiger partial charge in [-0.1, -0.05) is 13.8 Å². The normalized spacial score (nSPS) is 17.3. The van der Waals surface area contributed by atoms with Gasteiger partial charge in [-0.3, -0.25) is 0 Å². The van der Waals surface area contributed by atoms with Gasteiger partial charge in [0.2, 0.25) is 0 Å². The van der Waals surface area contributed by atoms with Gasteiger partial charge in [0.25, 0.3) is 0 Å². The molecule has 1 aromatic rings. The lowest BCUT2D eigenvalue weighted by Gasteiger charge is -2.14. The molecule has 4 nitrogen and oxygen atoms in total. The van der Waals surface area contributed by atoms with Crippen molar-refractivity contribution in [3.8, 4) is 0 Å². The maximum absolute atomic E-state index is 5.83. The number of nitrogens with zero attached hydrogens (tertiary/aromatic N) is 3. The molecule has 0 bridgehead atoms. The number of hydrogen-bond donors (Lipinski definition) is 1. The van der Waals surface area contributed by atoms with Crippen molar-refractivity contribution in [3.63, 3.8) is 0 Å². The zero-order valence-electron chi connectivity index (χ0n) is 11.3. The lowest BCUT2D eigenvalue weighted by atomic mass is 10.0. The Morgan fingerprint density at radius 3 is 2.89 bits per heavy atom. The quantitative estimate of drug-likeness (QED) is 0.738. The SMILES string of the molecule is CC(C)Cn1ncnc1CNCC1(CCCl)CC1. The van der Waals surface area contributed by atoms with E-state index in [9.17, 15) is 0 Å². The van der Waals surface area contributed by atoms with Crippen molar-refractivity contribution >= 4 is 11.6 Å². The molecule has 5 heteroatoms. The van der Waals surface area contributed by atoms with Crippen LogP contribution in [-0.4, -0.2) is 27.2 Å². The number of hydrogen-bond acceptors (Lipinski definition) is 3. The first-order valence-corrected chi connectivity index (χ1v) is 7.32. The van der Waals surface area contributed by atoms with Gasteiger partial charge in [-0.05, 0) is 30.6 Å². The van der Waals surface area contributed by atoms with Crippen molar-refractivity contribution in [3.05, 3.63) is 12.2 Å². The molecule has 1 aliphatic rings. The standard InChI is InChI=1S/C13H23ClN4/c1-11(2)8-18-12(16-10-17-18)7-15-9-13(3-4-13)5-6-14/h10-11,15H,3-9H2,1-2H3. The molecule has 0 aliphatic heterocycles. The molecule has 102 valence electrons. The predicted molar refractivity (Wildman–Crippen MR) is 73.6 cm³/mol. The first-order chi connectivity index (χ1) is 8.65. The molecule has 0 atom stereocenters. The summed E-state index contributed by atoms with van der Waals surface area (Å²) in [4.78, 5) is 4.32. The summed E-state index contributed by atoms with van der Waals surface area (Å²) in [5.41, 5.74) is 0.477. The molecule has 2 rings (SSSR count). The molecule has 0 radical (unpaired) electrons. The molecule has 1 aromatic heterocycles. The van der Waals surface area contributed by atoms with E-state index in [2.05, 4.69) is 29.2 Å². The second-order valence-corrected chi connectivity index (χ2v) is 6.17. The number of alkyl halides is 1. The number of nitrogens with one attached hydrogen (secondary N) is 1. The number of rotatable bonds is 8. The lowest BCUT2D eigenvalue weighted by molar-refractivity contribution is 0.422. The van der Waals surface area contributed by atoms with Crippen LogP contribution in [0.3, 0.4) is 0 Å². The van der Waals surface area contributed by atoms with E-state index in [-0.39, 0.29) is 0 Å². The fraction of sp³-hybridized carbons (Fsp3) is 0.846. The Balaban J connectivity index is 1.78. The smallest absolute Gasteiger partial charge is 0.140 e. The molecule has 1 heterocycles. The van der Waals surface area contributed by atoms with E-state index in [1.165, 1.54) is 12.8 Å². The van der Waals surface area contributed by atoms with Crippen LogP contribution in [0.4, 0.5) is 0 Å². The Kier molecular flexibility index (Phi) is 4.62. The molecule has 18 heavy (non-hydrogen) atoms. The van der Waals surface area contributed by atoms with Crippen molar-refractivity contribution in [2.75, 3.05) is 12.4 Å². The Labute approximate surface area is 114 Å². The van der Waals surface area contributed by atoms with Crippen LogP contribution in [0.2, 0.25) is 0 Å². The van der Waals surface area contributed by atoms with Gasteiger partial charge in [0.1, 0.15) is 12.2 Å². The summed E-state index contributed by atoms with van der Waals surface area (Å²) >= 11 is 5.83. The van der Waals surface area contributed by atoms with Crippen molar-refractivity contribution in [2.45, 2.75) is 46.2 Å². The molecule has 0 saturated heterocycles. The monoisotopic (exact) mass is 270 g/mol. The van der Waals surface area contributed by atoms with Crippen molar-refractivity contribution in [1.82, 2.24) is 20.1 Å². The van der Waals surface area contributed by atoms with Crippen LogP contribution >= 0.6 is 11.6 Å². The van der Waals surface area contributed by atoms with E-state index in [4.69, 9.17) is 11.6 Å². The van der Waals surface area contributed by atoms with E-state index in [1.807, 2.05) is 4.68 Å². The van der Waals surface area contributed by atoms with E-state index in [0.717, 1.165) is 37.8 Å². The summed E-state index contributed by atoms with van der Waals surface area (Å²) in [5.74, 6) is 2.40. The summed E-state index contributed by atoms with van der Waals surface area (Å²) in [6, 6.07) is 0. The molecule has 0 amide bonds. The number of aromatic nitrogens is 3. The largest absolute Gasteiger partial charge is 0.309 e. The Bertz CT molecular complexity index is 371. The topological polar surface area (TPSA) is 42.7 Å². The summed E-state index contributed by atoms with van der Waals surface area (Å²) in [7, 11) is 0. The van der Waals surface area contributed by atoms with Crippen LogP contribution < -0.4 is 5.32 Å². The van der Waals surface area contributed by atoms with Crippen LogP contribution in [0.1, 0.15) is 38.9 Å². The molecule has 0 aromatic carbocycles. The highest BCUT2D eigenvalue weighted by Crippen LogP contribution is 2.48. The highest BCUT2D eigenvalue weighted by molar-refractivity contribution is 6.17. The van der Waals surface area contributed by atoms with E-state index in [0.29, 0.717) is 11.3 Å². The molecule has 1 aliphatic carbocycles. The molecule has 0 unspecified atom stereocenters. The molecule has 0 spiro atoms. The maximum Gasteiger partial charge on any atom is 0.140 e. The number of halogens is 1. The molecule has 1 fully saturated rings. The fourth-order valence-corrected chi connectivity index (χ4v) is 2.66. The van der Waals surface area contributed by atoms with E-state index < -0.39 is 0 Å². The minimum Gasteiger partial charge on any atom is -0.309 e. The van der Waals surface area contributed by atoms with Gasteiger partial charge >= 0.3 is 0 Å². The van der Waals surface area contributed by atoms with Crippen LogP contribution in [0.15, 0.2) is 6.33 Å².